The zero-order valence-electron chi connectivity index (χ0n) is 11.1. The van der Waals surface area contributed by atoms with E-state index in [0.29, 0.717) is 5.56 Å². The fraction of sp³-hybridized carbons (Fsp3) is 0.500. The summed E-state index contributed by atoms with van der Waals surface area (Å²) >= 11 is 4.98. The number of nitrogens with zero attached hydrogens (tertiary/aromatic N) is 1. The molecular weight excluding hydrogens is 247 g/mol. The highest BCUT2D eigenvalue weighted by Crippen LogP contribution is 2.14. The molecule has 0 aliphatic carbocycles. The van der Waals surface area contributed by atoms with Crippen molar-refractivity contribution in [3.8, 4) is 0 Å². The number of nitrogens with two attached hydrogens (primary N) is 1. The van der Waals surface area contributed by atoms with Crippen LogP contribution in [0.4, 0.5) is 4.39 Å². The summed E-state index contributed by atoms with van der Waals surface area (Å²) in [6.07, 6.45) is 2.20. The second-order valence-electron chi connectivity index (χ2n) is 4.44. The van der Waals surface area contributed by atoms with Crippen molar-refractivity contribution in [2.75, 3.05) is 13.1 Å². The lowest BCUT2D eigenvalue weighted by Crippen LogP contribution is -2.26. The van der Waals surface area contributed by atoms with E-state index >= 15 is 0 Å². The van der Waals surface area contributed by atoms with Gasteiger partial charge in [0.25, 0.3) is 0 Å². The number of hydrogen-bond donors (Lipinski definition) is 1. The fourth-order valence-electron chi connectivity index (χ4n) is 2.06. The Labute approximate surface area is 114 Å². The molecule has 0 radical (unpaired) electrons. The quantitative estimate of drug-likeness (QED) is 0.771. The molecule has 2 N–H and O–H groups in total. The molecule has 0 aromatic heterocycles. The summed E-state index contributed by atoms with van der Waals surface area (Å²) in [5, 5.41) is 0. The minimum absolute atomic E-state index is 0.262. The van der Waals surface area contributed by atoms with Crippen molar-refractivity contribution in [1.82, 2.24) is 4.90 Å². The summed E-state index contributed by atoms with van der Waals surface area (Å²) in [4.78, 5) is 2.60. The largest absolute Gasteiger partial charge is 0.389 e. The predicted molar refractivity (Wildman–Crippen MR) is 78.1 cm³/mol. The highest BCUT2D eigenvalue weighted by atomic mass is 32.1. The van der Waals surface area contributed by atoms with E-state index in [0.717, 1.165) is 38.0 Å². The molecule has 0 unspecified atom stereocenters. The minimum Gasteiger partial charge on any atom is -0.389 e. The summed E-state index contributed by atoms with van der Waals surface area (Å²) in [5.41, 5.74) is 7.31. The summed E-state index contributed by atoms with van der Waals surface area (Å²) in [6.45, 7) is 7.14. The molecule has 0 aliphatic heterocycles. The van der Waals surface area contributed by atoms with Gasteiger partial charge in [-0.15, -0.1) is 0 Å². The molecule has 4 heteroatoms. The van der Waals surface area contributed by atoms with E-state index in [9.17, 15) is 4.39 Å². The fourth-order valence-corrected chi connectivity index (χ4v) is 2.25. The SMILES string of the molecule is CCCN(CCC)Cc1ccc(F)cc1C(N)=S. The maximum atomic E-state index is 13.2. The van der Waals surface area contributed by atoms with Crippen LogP contribution in [0.25, 0.3) is 0 Å². The molecule has 1 aromatic carbocycles. The van der Waals surface area contributed by atoms with Gasteiger partial charge in [-0.2, -0.15) is 0 Å². The van der Waals surface area contributed by atoms with Gasteiger partial charge in [0, 0.05) is 12.1 Å². The maximum Gasteiger partial charge on any atom is 0.123 e. The summed E-state index contributed by atoms with van der Waals surface area (Å²) in [5.74, 6) is -0.293. The minimum atomic E-state index is -0.293. The molecule has 0 atom stereocenters. The van der Waals surface area contributed by atoms with E-state index in [1.807, 2.05) is 0 Å². The lowest BCUT2D eigenvalue weighted by atomic mass is 10.1. The molecule has 2 nitrogen and oxygen atoms in total. The summed E-state index contributed by atoms with van der Waals surface area (Å²) in [6, 6.07) is 4.67. The van der Waals surface area contributed by atoms with Crippen molar-refractivity contribution < 1.29 is 4.39 Å². The standard InChI is InChI=1S/C14H21FN2S/c1-3-7-17(8-4-2)10-11-5-6-12(15)9-13(11)14(16)18/h5-6,9H,3-4,7-8,10H2,1-2H3,(H2,16,18). The van der Waals surface area contributed by atoms with E-state index in [1.165, 1.54) is 12.1 Å². The van der Waals surface area contributed by atoms with Gasteiger partial charge in [-0.05, 0) is 43.6 Å². The maximum absolute atomic E-state index is 13.2. The molecule has 0 heterocycles. The Morgan fingerprint density at radius 1 is 1.28 bits per heavy atom. The van der Waals surface area contributed by atoms with Crippen LogP contribution in [-0.4, -0.2) is 23.0 Å². The molecule has 100 valence electrons. The van der Waals surface area contributed by atoms with Crippen LogP contribution < -0.4 is 5.73 Å². The lowest BCUT2D eigenvalue weighted by Gasteiger charge is -2.22. The summed E-state index contributed by atoms with van der Waals surface area (Å²) < 4.78 is 13.2. The van der Waals surface area contributed by atoms with Gasteiger partial charge < -0.3 is 5.73 Å². The van der Waals surface area contributed by atoms with E-state index in [-0.39, 0.29) is 10.8 Å². The Balaban J connectivity index is 2.90. The Bertz CT molecular complexity index is 401. The average molecular weight is 268 g/mol. The smallest absolute Gasteiger partial charge is 0.123 e. The molecule has 0 saturated carbocycles. The van der Waals surface area contributed by atoms with Crippen LogP contribution >= 0.6 is 12.2 Å². The van der Waals surface area contributed by atoms with Crippen molar-refractivity contribution in [2.24, 2.45) is 5.73 Å². The molecule has 18 heavy (non-hydrogen) atoms. The third kappa shape index (κ3) is 4.35. The van der Waals surface area contributed by atoms with Crippen LogP contribution in [0.5, 0.6) is 0 Å². The van der Waals surface area contributed by atoms with Crippen LogP contribution in [0.15, 0.2) is 18.2 Å². The highest BCUT2D eigenvalue weighted by Gasteiger charge is 2.10. The third-order valence-corrected chi connectivity index (χ3v) is 3.03. The Morgan fingerprint density at radius 3 is 2.39 bits per heavy atom. The van der Waals surface area contributed by atoms with Crippen molar-refractivity contribution in [3.63, 3.8) is 0 Å². The Morgan fingerprint density at radius 2 is 1.89 bits per heavy atom. The third-order valence-electron chi connectivity index (χ3n) is 2.81. The number of benzene rings is 1. The van der Waals surface area contributed by atoms with Crippen LogP contribution in [0.1, 0.15) is 37.8 Å². The first-order chi connectivity index (χ1) is 8.58. The van der Waals surface area contributed by atoms with Crippen LogP contribution in [0.2, 0.25) is 0 Å². The molecular formula is C14H21FN2S. The zero-order chi connectivity index (χ0) is 13.5. The molecule has 0 saturated heterocycles. The van der Waals surface area contributed by atoms with Gasteiger partial charge in [0.15, 0.2) is 0 Å². The molecule has 1 rings (SSSR count). The molecule has 1 aromatic rings. The van der Waals surface area contributed by atoms with Gasteiger partial charge in [0.05, 0.1) is 0 Å². The van der Waals surface area contributed by atoms with Crippen molar-refractivity contribution in [2.45, 2.75) is 33.2 Å². The van der Waals surface area contributed by atoms with Crippen molar-refractivity contribution in [1.29, 1.82) is 0 Å². The van der Waals surface area contributed by atoms with Crippen molar-refractivity contribution in [3.05, 3.63) is 35.1 Å². The molecule has 0 bridgehead atoms. The average Bonchev–Trinajstić information content (AvgIpc) is 2.32. The number of rotatable bonds is 7. The van der Waals surface area contributed by atoms with Gasteiger partial charge in [0.2, 0.25) is 0 Å². The first kappa shape index (κ1) is 15.1. The van der Waals surface area contributed by atoms with E-state index in [4.69, 9.17) is 18.0 Å². The molecule has 0 fully saturated rings. The van der Waals surface area contributed by atoms with Gasteiger partial charge in [-0.25, -0.2) is 4.39 Å². The first-order valence-electron chi connectivity index (χ1n) is 6.39. The van der Waals surface area contributed by atoms with Gasteiger partial charge in [0.1, 0.15) is 10.8 Å². The normalized spacial score (nSPS) is 10.9. The first-order valence-corrected chi connectivity index (χ1v) is 6.79. The van der Waals surface area contributed by atoms with Crippen LogP contribution in [0, 0.1) is 5.82 Å². The van der Waals surface area contributed by atoms with E-state index < -0.39 is 0 Å². The second-order valence-corrected chi connectivity index (χ2v) is 4.88. The number of hydrogen-bond acceptors (Lipinski definition) is 2. The summed E-state index contributed by atoms with van der Waals surface area (Å²) in [7, 11) is 0. The molecule has 0 spiro atoms. The highest BCUT2D eigenvalue weighted by molar-refractivity contribution is 7.80. The Hall–Kier alpha value is -1.00. The predicted octanol–water partition coefficient (Wildman–Crippen LogP) is 3.08. The number of halogens is 1. The van der Waals surface area contributed by atoms with E-state index in [1.54, 1.807) is 6.07 Å². The number of thiocarbonyl (C=S) groups is 1. The molecule has 0 aliphatic rings. The zero-order valence-corrected chi connectivity index (χ0v) is 11.9. The van der Waals surface area contributed by atoms with Gasteiger partial charge >= 0.3 is 0 Å². The van der Waals surface area contributed by atoms with Crippen LogP contribution in [0.3, 0.4) is 0 Å². The molecule has 0 amide bonds. The topological polar surface area (TPSA) is 29.3 Å². The van der Waals surface area contributed by atoms with Gasteiger partial charge in [-0.1, -0.05) is 32.1 Å². The van der Waals surface area contributed by atoms with Gasteiger partial charge in [-0.3, -0.25) is 4.90 Å². The monoisotopic (exact) mass is 268 g/mol. The second kappa shape index (κ2) is 7.44. The van der Waals surface area contributed by atoms with Crippen molar-refractivity contribution >= 4 is 17.2 Å². The lowest BCUT2D eigenvalue weighted by molar-refractivity contribution is 0.266. The van der Waals surface area contributed by atoms with E-state index in [2.05, 4.69) is 18.7 Å². The van der Waals surface area contributed by atoms with Crippen LogP contribution in [-0.2, 0) is 6.54 Å². The Kier molecular flexibility index (Phi) is 6.22.